The quantitative estimate of drug-likeness (QED) is 0.774. The number of anilines is 1. The van der Waals surface area contributed by atoms with E-state index in [0.717, 1.165) is 5.69 Å². The van der Waals surface area contributed by atoms with Crippen LogP contribution in [0.15, 0.2) is 42.7 Å². The fraction of sp³-hybridized carbons (Fsp3) is 0.214. The first kappa shape index (κ1) is 12.8. The van der Waals surface area contributed by atoms with E-state index in [-0.39, 0.29) is 5.82 Å². The van der Waals surface area contributed by atoms with Gasteiger partial charge in [-0.15, -0.1) is 0 Å². The van der Waals surface area contributed by atoms with Gasteiger partial charge >= 0.3 is 0 Å². The van der Waals surface area contributed by atoms with E-state index >= 15 is 0 Å². The molecule has 0 aliphatic heterocycles. The zero-order valence-electron chi connectivity index (χ0n) is 10.4. The Hall–Kier alpha value is -1.61. The molecule has 0 unspecified atom stereocenters. The Kier molecular flexibility index (Phi) is 3.82. The van der Waals surface area contributed by atoms with Crippen LogP contribution in [0.5, 0.6) is 0 Å². The van der Waals surface area contributed by atoms with Crippen molar-refractivity contribution in [2.24, 2.45) is 0 Å². The molecule has 2 aromatic rings. The number of hydrogen-bond acceptors (Lipinski definition) is 1. The van der Waals surface area contributed by atoms with Crippen molar-refractivity contribution in [3.63, 3.8) is 0 Å². The van der Waals surface area contributed by atoms with Crippen molar-refractivity contribution in [1.82, 2.24) is 0 Å². The molecular formula is C14H15ClFN2+. The largest absolute Gasteiger partial charge is 0.377 e. The van der Waals surface area contributed by atoms with Gasteiger partial charge < -0.3 is 4.90 Å². The molecule has 0 aliphatic carbocycles. The third kappa shape index (κ3) is 2.79. The summed E-state index contributed by atoms with van der Waals surface area (Å²) < 4.78 is 15.5. The number of aromatic nitrogens is 1. The van der Waals surface area contributed by atoms with Gasteiger partial charge in [0.15, 0.2) is 18.9 Å². The number of hydrogen-bond donors (Lipinski definition) is 0. The normalized spacial score (nSPS) is 10.4. The first-order valence-electron chi connectivity index (χ1n) is 5.67. The van der Waals surface area contributed by atoms with Gasteiger partial charge in [0.05, 0.1) is 10.6 Å². The van der Waals surface area contributed by atoms with E-state index in [1.165, 1.54) is 6.07 Å². The van der Waals surface area contributed by atoms with E-state index < -0.39 is 0 Å². The number of rotatable bonds is 3. The fourth-order valence-electron chi connectivity index (χ4n) is 1.72. The van der Waals surface area contributed by atoms with Crippen LogP contribution in [0.25, 0.3) is 0 Å². The summed E-state index contributed by atoms with van der Waals surface area (Å²) in [5.41, 5.74) is 1.62. The Bertz CT molecular complexity index is 518. The van der Waals surface area contributed by atoms with Gasteiger partial charge in [-0.3, -0.25) is 0 Å². The molecule has 0 spiro atoms. The van der Waals surface area contributed by atoms with Gasteiger partial charge in [0, 0.05) is 31.9 Å². The number of nitrogens with zero attached hydrogens (tertiary/aromatic N) is 2. The van der Waals surface area contributed by atoms with Crippen LogP contribution in [-0.4, -0.2) is 14.1 Å². The van der Waals surface area contributed by atoms with Crippen molar-refractivity contribution in [2.75, 3.05) is 19.0 Å². The van der Waals surface area contributed by atoms with Gasteiger partial charge in [-0.2, -0.15) is 0 Å². The maximum atomic E-state index is 13.6. The highest BCUT2D eigenvalue weighted by atomic mass is 35.5. The summed E-state index contributed by atoms with van der Waals surface area (Å²) in [6.45, 7) is 0.430. The summed E-state index contributed by atoms with van der Waals surface area (Å²) in [6.07, 6.45) is 3.83. The minimum Gasteiger partial charge on any atom is -0.377 e. The number of halogens is 2. The van der Waals surface area contributed by atoms with Crippen LogP contribution in [0.4, 0.5) is 10.1 Å². The van der Waals surface area contributed by atoms with Gasteiger partial charge in [-0.1, -0.05) is 17.7 Å². The van der Waals surface area contributed by atoms with Crippen LogP contribution < -0.4 is 9.47 Å². The van der Waals surface area contributed by atoms with Crippen molar-refractivity contribution >= 4 is 17.3 Å². The highest BCUT2D eigenvalue weighted by Gasteiger charge is 2.12. The number of benzene rings is 1. The van der Waals surface area contributed by atoms with Gasteiger partial charge in [-0.05, 0) is 12.1 Å². The Morgan fingerprint density at radius 1 is 1.17 bits per heavy atom. The third-order valence-electron chi connectivity index (χ3n) is 2.79. The zero-order chi connectivity index (χ0) is 13.1. The first-order valence-corrected chi connectivity index (χ1v) is 6.05. The molecule has 0 N–H and O–H groups in total. The predicted molar refractivity (Wildman–Crippen MR) is 71.5 cm³/mol. The minimum atomic E-state index is -0.272. The molecule has 94 valence electrons. The molecule has 0 amide bonds. The topological polar surface area (TPSA) is 7.12 Å². The Balaban J connectivity index is 2.24. The van der Waals surface area contributed by atoms with Crippen LogP contribution in [-0.2, 0) is 6.54 Å². The van der Waals surface area contributed by atoms with Crippen LogP contribution >= 0.6 is 11.6 Å². The summed E-state index contributed by atoms with van der Waals surface area (Å²) in [4.78, 5) is 2.01. The fourth-order valence-corrected chi connectivity index (χ4v) is 1.94. The molecule has 1 heterocycles. The van der Waals surface area contributed by atoms with Crippen LogP contribution in [0, 0.1) is 5.82 Å². The van der Waals surface area contributed by atoms with Crippen molar-refractivity contribution in [2.45, 2.75) is 6.54 Å². The molecule has 1 aromatic carbocycles. The van der Waals surface area contributed by atoms with Crippen molar-refractivity contribution < 1.29 is 8.96 Å². The Labute approximate surface area is 111 Å². The Morgan fingerprint density at radius 3 is 2.39 bits per heavy atom. The highest BCUT2D eigenvalue weighted by molar-refractivity contribution is 6.31. The molecule has 0 atom stereocenters. The van der Waals surface area contributed by atoms with E-state index in [1.54, 1.807) is 12.1 Å². The molecule has 1 aromatic heterocycles. The smallest absolute Gasteiger partial charge is 0.178 e. The molecule has 2 nitrogen and oxygen atoms in total. The summed E-state index contributed by atoms with van der Waals surface area (Å²) in [5.74, 6) is -0.272. The Morgan fingerprint density at radius 2 is 1.83 bits per heavy atom. The predicted octanol–water partition coefficient (Wildman–Crippen LogP) is 2.88. The second kappa shape index (κ2) is 5.36. The average molecular weight is 266 g/mol. The summed E-state index contributed by atoms with van der Waals surface area (Å²) in [5, 5.41) is 0.458. The van der Waals surface area contributed by atoms with Gasteiger partial charge in [0.2, 0.25) is 0 Å². The highest BCUT2D eigenvalue weighted by Crippen LogP contribution is 2.18. The second-order valence-corrected chi connectivity index (χ2v) is 4.73. The molecule has 0 saturated heterocycles. The molecule has 0 radical (unpaired) electrons. The van der Waals surface area contributed by atoms with E-state index in [9.17, 15) is 4.39 Å². The molecule has 2 rings (SSSR count). The summed E-state index contributed by atoms with van der Waals surface area (Å²) in [7, 11) is 3.96. The number of pyridine rings is 1. The minimum absolute atomic E-state index is 0.272. The lowest BCUT2D eigenvalue weighted by atomic mass is 10.2. The van der Waals surface area contributed by atoms with Crippen LogP contribution in [0.1, 0.15) is 5.56 Å². The lowest BCUT2D eigenvalue weighted by Crippen LogP contribution is -2.34. The summed E-state index contributed by atoms with van der Waals surface area (Å²) >= 11 is 6.00. The molecule has 0 bridgehead atoms. The third-order valence-corrected chi connectivity index (χ3v) is 3.15. The van der Waals surface area contributed by atoms with Gasteiger partial charge in [0.25, 0.3) is 0 Å². The molecule has 0 aliphatic rings. The lowest BCUT2D eigenvalue weighted by molar-refractivity contribution is -0.688. The van der Waals surface area contributed by atoms with E-state index in [4.69, 9.17) is 11.6 Å². The first-order chi connectivity index (χ1) is 8.58. The van der Waals surface area contributed by atoms with Gasteiger partial charge in [-0.25, -0.2) is 8.96 Å². The second-order valence-electron chi connectivity index (χ2n) is 4.32. The van der Waals surface area contributed by atoms with E-state index in [2.05, 4.69) is 0 Å². The SMILES string of the molecule is CN(C)c1cc[n+](Cc2c(F)cccc2Cl)cc1. The van der Waals surface area contributed by atoms with Crippen molar-refractivity contribution in [3.05, 3.63) is 59.1 Å². The van der Waals surface area contributed by atoms with Gasteiger partial charge in [0.1, 0.15) is 5.82 Å². The maximum absolute atomic E-state index is 13.6. The van der Waals surface area contributed by atoms with Crippen molar-refractivity contribution in [1.29, 1.82) is 0 Å². The molecule has 0 fully saturated rings. The monoisotopic (exact) mass is 265 g/mol. The molecular weight excluding hydrogens is 251 g/mol. The molecule has 4 heteroatoms. The zero-order valence-corrected chi connectivity index (χ0v) is 11.2. The summed E-state index contributed by atoms with van der Waals surface area (Å²) in [6, 6.07) is 8.70. The average Bonchev–Trinajstić information content (AvgIpc) is 2.34. The standard InChI is InChI=1S/C14H15ClFN2/c1-17(2)11-6-8-18(9-7-11)10-12-13(15)4-3-5-14(12)16/h3-9H,10H2,1-2H3/q+1. The molecule has 18 heavy (non-hydrogen) atoms. The van der Waals surface area contributed by atoms with E-state index in [0.29, 0.717) is 17.1 Å². The van der Waals surface area contributed by atoms with Crippen LogP contribution in [0.2, 0.25) is 5.02 Å². The van der Waals surface area contributed by atoms with Crippen LogP contribution in [0.3, 0.4) is 0 Å². The molecule has 0 saturated carbocycles. The maximum Gasteiger partial charge on any atom is 0.178 e. The van der Waals surface area contributed by atoms with E-state index in [1.807, 2.05) is 48.1 Å². The van der Waals surface area contributed by atoms with Crippen molar-refractivity contribution in [3.8, 4) is 0 Å². The lowest BCUT2D eigenvalue weighted by Gasteiger charge is -2.10.